The predicted molar refractivity (Wildman–Crippen MR) is 115 cm³/mol. The van der Waals surface area contributed by atoms with E-state index in [2.05, 4.69) is 13.8 Å². The molecule has 0 aliphatic rings. The van der Waals surface area contributed by atoms with Crippen molar-refractivity contribution in [2.75, 3.05) is 13.2 Å². The molecule has 5 nitrogen and oxygen atoms in total. The maximum absolute atomic E-state index is 10.3. The molecule has 4 atom stereocenters. The second-order valence-corrected chi connectivity index (χ2v) is 8.17. The van der Waals surface area contributed by atoms with Crippen molar-refractivity contribution in [1.29, 1.82) is 0 Å². The molecule has 0 aliphatic heterocycles. The number of ether oxygens (including phenoxy) is 1. The van der Waals surface area contributed by atoms with E-state index in [0.29, 0.717) is 13.0 Å². The van der Waals surface area contributed by atoms with E-state index in [0.717, 1.165) is 32.1 Å². The van der Waals surface area contributed by atoms with Crippen molar-refractivity contribution in [3.63, 3.8) is 0 Å². The lowest BCUT2D eigenvalue weighted by Gasteiger charge is -2.28. The van der Waals surface area contributed by atoms with E-state index in [1.165, 1.54) is 57.8 Å². The van der Waals surface area contributed by atoms with Crippen molar-refractivity contribution in [2.24, 2.45) is 0 Å². The van der Waals surface area contributed by atoms with Crippen LogP contribution in [0.25, 0.3) is 0 Å². The van der Waals surface area contributed by atoms with Crippen molar-refractivity contribution >= 4 is 0 Å². The van der Waals surface area contributed by atoms with E-state index < -0.39 is 24.4 Å². The zero-order valence-corrected chi connectivity index (χ0v) is 18.5. The van der Waals surface area contributed by atoms with Gasteiger partial charge in [-0.25, -0.2) is 0 Å². The first-order valence-electron chi connectivity index (χ1n) is 11.8. The summed E-state index contributed by atoms with van der Waals surface area (Å²) in [5, 5.41) is 40.0. The van der Waals surface area contributed by atoms with Crippen molar-refractivity contribution in [2.45, 2.75) is 135 Å². The fourth-order valence-electron chi connectivity index (χ4n) is 3.48. The molecule has 0 amide bonds. The Kier molecular flexibility index (Phi) is 19.9. The average molecular weight is 405 g/mol. The average Bonchev–Trinajstić information content (AvgIpc) is 2.70. The van der Waals surface area contributed by atoms with Gasteiger partial charge in [-0.15, -0.1) is 0 Å². The molecule has 0 heterocycles. The van der Waals surface area contributed by atoms with Gasteiger partial charge in [-0.2, -0.15) is 0 Å². The first-order valence-corrected chi connectivity index (χ1v) is 11.8. The molecule has 0 aliphatic carbocycles. The number of hydrogen-bond donors (Lipinski definition) is 4. The number of rotatable bonds is 21. The maximum atomic E-state index is 10.3. The SMILES string of the molecule is CCCCCCCCCOC(CO)C(O)C(O)C(O)CCCCCCCCC. The van der Waals surface area contributed by atoms with Crippen molar-refractivity contribution in [3.8, 4) is 0 Å². The molecular weight excluding hydrogens is 356 g/mol. The van der Waals surface area contributed by atoms with Crippen LogP contribution < -0.4 is 0 Å². The maximum Gasteiger partial charge on any atom is 0.111 e. The highest BCUT2D eigenvalue weighted by Crippen LogP contribution is 2.15. The third-order valence-corrected chi connectivity index (χ3v) is 5.49. The molecule has 28 heavy (non-hydrogen) atoms. The van der Waals surface area contributed by atoms with Gasteiger partial charge in [-0.05, 0) is 12.8 Å². The van der Waals surface area contributed by atoms with Crippen LogP contribution in [0.3, 0.4) is 0 Å². The van der Waals surface area contributed by atoms with Crippen LogP contribution in [0.15, 0.2) is 0 Å². The second-order valence-electron chi connectivity index (χ2n) is 8.17. The zero-order chi connectivity index (χ0) is 21.0. The normalized spacial score (nSPS) is 16.1. The molecule has 0 spiro atoms. The van der Waals surface area contributed by atoms with Crippen molar-refractivity contribution < 1.29 is 25.2 Å². The van der Waals surface area contributed by atoms with E-state index in [1.54, 1.807) is 0 Å². The first-order chi connectivity index (χ1) is 13.6. The Labute approximate surface area is 173 Å². The Morgan fingerprint density at radius 1 is 0.607 bits per heavy atom. The van der Waals surface area contributed by atoms with Gasteiger partial charge < -0.3 is 25.2 Å². The number of aliphatic hydroxyl groups is 4. The lowest BCUT2D eigenvalue weighted by molar-refractivity contribution is -0.136. The van der Waals surface area contributed by atoms with Crippen LogP contribution in [0.4, 0.5) is 0 Å². The molecule has 4 N–H and O–H groups in total. The topological polar surface area (TPSA) is 90.2 Å². The summed E-state index contributed by atoms with van der Waals surface area (Å²) >= 11 is 0. The summed E-state index contributed by atoms with van der Waals surface area (Å²) in [7, 11) is 0. The Hall–Kier alpha value is -0.200. The second kappa shape index (κ2) is 20.1. The molecule has 0 fully saturated rings. The minimum Gasteiger partial charge on any atom is -0.394 e. The summed E-state index contributed by atoms with van der Waals surface area (Å²) in [6, 6.07) is 0. The monoisotopic (exact) mass is 404 g/mol. The lowest BCUT2D eigenvalue weighted by Crippen LogP contribution is -2.47. The van der Waals surface area contributed by atoms with Gasteiger partial charge in [0.25, 0.3) is 0 Å². The summed E-state index contributed by atoms with van der Waals surface area (Å²) in [4.78, 5) is 0. The van der Waals surface area contributed by atoms with Crippen molar-refractivity contribution in [3.05, 3.63) is 0 Å². The van der Waals surface area contributed by atoms with Gasteiger partial charge in [-0.1, -0.05) is 97.3 Å². The Morgan fingerprint density at radius 2 is 1.07 bits per heavy atom. The van der Waals surface area contributed by atoms with Gasteiger partial charge in [0, 0.05) is 6.61 Å². The van der Waals surface area contributed by atoms with Crippen molar-refractivity contribution in [1.82, 2.24) is 0 Å². The van der Waals surface area contributed by atoms with Crippen LogP contribution in [-0.4, -0.2) is 58.1 Å². The Balaban J connectivity index is 3.89. The standard InChI is InChI=1S/C23H48O5/c1-3-5-7-9-11-13-15-17-20(25)22(26)23(27)21(19-24)28-18-16-14-12-10-8-6-4-2/h20-27H,3-19H2,1-2H3. The number of hydrogen-bond acceptors (Lipinski definition) is 5. The van der Waals surface area contributed by atoms with Crippen LogP contribution in [0, 0.1) is 0 Å². The van der Waals surface area contributed by atoms with E-state index in [9.17, 15) is 20.4 Å². The first kappa shape index (κ1) is 27.8. The van der Waals surface area contributed by atoms with Crippen LogP contribution in [0.1, 0.15) is 110 Å². The molecule has 4 unspecified atom stereocenters. The lowest BCUT2D eigenvalue weighted by atomic mass is 9.98. The molecule has 0 rings (SSSR count). The van der Waals surface area contributed by atoms with Crippen LogP contribution in [0.5, 0.6) is 0 Å². The molecule has 0 bridgehead atoms. The minimum absolute atomic E-state index is 0.362. The summed E-state index contributed by atoms with van der Waals surface area (Å²) in [5.41, 5.74) is 0. The van der Waals surface area contributed by atoms with Gasteiger partial charge in [0.15, 0.2) is 0 Å². The minimum atomic E-state index is -1.29. The van der Waals surface area contributed by atoms with E-state index >= 15 is 0 Å². The molecule has 0 radical (unpaired) electrons. The smallest absolute Gasteiger partial charge is 0.111 e. The van der Waals surface area contributed by atoms with Crippen LogP contribution in [-0.2, 0) is 4.74 Å². The third-order valence-electron chi connectivity index (χ3n) is 5.49. The summed E-state index contributed by atoms with van der Waals surface area (Å²) < 4.78 is 5.56. The highest BCUT2D eigenvalue weighted by Gasteiger charge is 2.31. The van der Waals surface area contributed by atoms with E-state index in [-0.39, 0.29) is 6.61 Å². The fourth-order valence-corrected chi connectivity index (χ4v) is 3.48. The molecular formula is C23H48O5. The summed E-state index contributed by atoms with van der Waals surface area (Å²) in [6.45, 7) is 4.49. The number of unbranched alkanes of at least 4 members (excludes halogenated alkanes) is 12. The largest absolute Gasteiger partial charge is 0.394 e. The molecule has 0 aromatic heterocycles. The third kappa shape index (κ3) is 14.7. The molecule has 5 heteroatoms. The predicted octanol–water partition coefficient (Wildman–Crippen LogP) is 4.34. The van der Waals surface area contributed by atoms with Gasteiger partial charge in [0.05, 0.1) is 12.7 Å². The van der Waals surface area contributed by atoms with E-state index in [1.807, 2.05) is 0 Å². The van der Waals surface area contributed by atoms with Crippen LogP contribution >= 0.6 is 0 Å². The molecule has 0 saturated heterocycles. The summed E-state index contributed by atoms with van der Waals surface area (Å²) in [6.07, 6.45) is 12.2. The quantitative estimate of drug-likeness (QED) is 0.214. The molecule has 0 aromatic rings. The highest BCUT2D eigenvalue weighted by atomic mass is 16.5. The molecule has 0 aromatic carbocycles. The number of aliphatic hydroxyl groups excluding tert-OH is 4. The zero-order valence-electron chi connectivity index (χ0n) is 18.5. The highest BCUT2D eigenvalue weighted by molar-refractivity contribution is 4.81. The molecule has 0 saturated carbocycles. The summed E-state index contributed by atoms with van der Waals surface area (Å²) in [5.74, 6) is 0. The fraction of sp³-hybridized carbons (Fsp3) is 1.00. The van der Waals surface area contributed by atoms with Gasteiger partial charge >= 0.3 is 0 Å². The van der Waals surface area contributed by atoms with Gasteiger partial charge in [-0.3, -0.25) is 0 Å². The molecule has 170 valence electrons. The Morgan fingerprint density at radius 3 is 1.57 bits per heavy atom. The van der Waals surface area contributed by atoms with Crippen LogP contribution in [0.2, 0.25) is 0 Å². The Bertz CT molecular complexity index is 311. The van der Waals surface area contributed by atoms with E-state index in [4.69, 9.17) is 4.74 Å². The van der Waals surface area contributed by atoms with Gasteiger partial charge in [0.2, 0.25) is 0 Å². The van der Waals surface area contributed by atoms with Gasteiger partial charge in [0.1, 0.15) is 18.3 Å².